The van der Waals surface area contributed by atoms with Crippen molar-refractivity contribution in [2.45, 2.75) is 44.7 Å². The zero-order valence-electron chi connectivity index (χ0n) is 19.5. The summed E-state index contributed by atoms with van der Waals surface area (Å²) in [6.07, 6.45) is 7.69. The van der Waals surface area contributed by atoms with E-state index < -0.39 is 17.8 Å². The molecule has 2 aromatic carbocycles. The third kappa shape index (κ3) is 4.77. The molecule has 5 rings (SSSR count). The number of para-hydroxylation sites is 1. The minimum atomic E-state index is -0.714. The Balaban J connectivity index is 1.44. The maximum absolute atomic E-state index is 13.3. The van der Waals surface area contributed by atoms with Gasteiger partial charge in [-0.1, -0.05) is 49.1 Å². The average molecular weight is 505 g/mol. The number of hydrogen-bond acceptors (Lipinski definition) is 4. The van der Waals surface area contributed by atoms with Crippen LogP contribution in [0.3, 0.4) is 0 Å². The summed E-state index contributed by atoms with van der Waals surface area (Å²) in [6, 6.07) is 13.4. The molecule has 0 unspecified atom stereocenters. The number of rotatable bonds is 5. The van der Waals surface area contributed by atoms with Gasteiger partial charge in [-0.25, -0.2) is 4.79 Å². The Morgan fingerprint density at radius 3 is 2.50 bits per heavy atom. The smallest absolute Gasteiger partial charge is 0.331 e. The number of imide groups is 2. The Kier molecular flexibility index (Phi) is 6.61. The van der Waals surface area contributed by atoms with Crippen LogP contribution in [0.4, 0.5) is 10.5 Å². The third-order valence-electron chi connectivity index (χ3n) is 6.63. The lowest BCUT2D eigenvalue weighted by Gasteiger charge is -2.35. The second-order valence-corrected chi connectivity index (χ2v) is 9.51. The summed E-state index contributed by atoms with van der Waals surface area (Å²) < 4.78 is 1.77. The minimum absolute atomic E-state index is 0.0269. The summed E-state index contributed by atoms with van der Waals surface area (Å²) in [5.74, 6) is -1.53. The molecule has 36 heavy (non-hydrogen) atoms. The van der Waals surface area contributed by atoms with Crippen LogP contribution in [0.2, 0.25) is 5.02 Å². The zero-order chi connectivity index (χ0) is 25.2. The number of barbiturate groups is 1. The van der Waals surface area contributed by atoms with Crippen molar-refractivity contribution in [3.8, 4) is 0 Å². The molecule has 9 heteroatoms. The SMILES string of the molecule is O=C(Cn1cc(C=C2C(=O)NC(=O)N(C3CCCCC3)C2=O)c2ccccc21)Nc1ccc(Cl)cc1. The predicted molar refractivity (Wildman–Crippen MR) is 137 cm³/mol. The molecule has 184 valence electrons. The number of aromatic nitrogens is 1. The van der Waals surface area contributed by atoms with E-state index in [-0.39, 0.29) is 24.1 Å². The van der Waals surface area contributed by atoms with Crippen molar-refractivity contribution in [1.29, 1.82) is 0 Å². The van der Waals surface area contributed by atoms with Crippen molar-refractivity contribution in [1.82, 2.24) is 14.8 Å². The van der Waals surface area contributed by atoms with Crippen LogP contribution in [0.25, 0.3) is 17.0 Å². The van der Waals surface area contributed by atoms with E-state index in [9.17, 15) is 19.2 Å². The molecule has 1 saturated carbocycles. The standard InChI is InChI=1S/C27H25ClN4O4/c28-18-10-12-19(13-11-18)29-24(33)16-31-15-17(21-8-4-5-9-23(21)31)14-22-25(34)30-27(36)32(26(22)35)20-6-2-1-3-7-20/h4-5,8-15,20H,1-3,6-7,16H2,(H,29,33)(H,30,34,36). The number of halogens is 1. The monoisotopic (exact) mass is 504 g/mol. The molecule has 1 aromatic heterocycles. The highest BCUT2D eigenvalue weighted by Gasteiger charge is 2.40. The van der Waals surface area contributed by atoms with Crippen LogP contribution < -0.4 is 10.6 Å². The van der Waals surface area contributed by atoms with Crippen molar-refractivity contribution >= 4 is 58.0 Å². The van der Waals surface area contributed by atoms with Gasteiger partial charge in [0.2, 0.25) is 5.91 Å². The van der Waals surface area contributed by atoms with Gasteiger partial charge < -0.3 is 9.88 Å². The van der Waals surface area contributed by atoms with Gasteiger partial charge in [0.15, 0.2) is 0 Å². The Morgan fingerprint density at radius 1 is 1.03 bits per heavy atom. The number of carbonyl (C=O) groups excluding carboxylic acids is 4. The van der Waals surface area contributed by atoms with Crippen LogP contribution in [-0.2, 0) is 20.9 Å². The first-order valence-corrected chi connectivity index (χ1v) is 12.3. The molecule has 1 saturated heterocycles. The van der Waals surface area contributed by atoms with E-state index in [0.29, 0.717) is 16.3 Å². The van der Waals surface area contributed by atoms with E-state index in [1.165, 1.54) is 11.0 Å². The maximum atomic E-state index is 13.3. The van der Waals surface area contributed by atoms with Gasteiger partial charge in [-0.2, -0.15) is 0 Å². The third-order valence-corrected chi connectivity index (χ3v) is 6.89. The molecule has 0 spiro atoms. The number of amides is 5. The van der Waals surface area contributed by atoms with Crippen molar-refractivity contribution in [3.63, 3.8) is 0 Å². The van der Waals surface area contributed by atoms with Gasteiger partial charge in [0.25, 0.3) is 11.8 Å². The van der Waals surface area contributed by atoms with Crippen LogP contribution in [0.15, 0.2) is 60.3 Å². The molecular formula is C27H25ClN4O4. The Morgan fingerprint density at radius 2 is 1.75 bits per heavy atom. The van der Waals surface area contributed by atoms with Crippen LogP contribution in [0.5, 0.6) is 0 Å². The lowest BCUT2D eigenvalue weighted by Crippen LogP contribution is -2.58. The van der Waals surface area contributed by atoms with Crippen LogP contribution >= 0.6 is 11.6 Å². The van der Waals surface area contributed by atoms with E-state index in [4.69, 9.17) is 11.6 Å². The largest absolute Gasteiger partial charge is 0.337 e. The van der Waals surface area contributed by atoms with Crippen LogP contribution in [0, 0.1) is 0 Å². The topological polar surface area (TPSA) is 101 Å². The Labute approximate surface area is 212 Å². The summed E-state index contributed by atoms with van der Waals surface area (Å²) in [5, 5.41) is 6.52. The fraction of sp³-hybridized carbons (Fsp3) is 0.259. The number of hydrogen-bond donors (Lipinski definition) is 2. The highest BCUT2D eigenvalue weighted by Crippen LogP contribution is 2.28. The van der Waals surface area contributed by atoms with Crippen molar-refractivity contribution in [2.75, 3.05) is 5.32 Å². The van der Waals surface area contributed by atoms with Crippen LogP contribution in [-0.4, -0.2) is 39.3 Å². The first kappa shape index (κ1) is 23.8. The fourth-order valence-corrected chi connectivity index (χ4v) is 5.03. The molecular weight excluding hydrogens is 480 g/mol. The summed E-state index contributed by atoms with van der Waals surface area (Å²) >= 11 is 5.91. The van der Waals surface area contributed by atoms with E-state index >= 15 is 0 Å². The second kappa shape index (κ2) is 9.99. The van der Waals surface area contributed by atoms with Crippen molar-refractivity contribution in [3.05, 3.63) is 70.9 Å². The number of carbonyl (C=O) groups is 4. The predicted octanol–water partition coefficient (Wildman–Crippen LogP) is 4.73. The molecule has 3 aromatic rings. The number of urea groups is 1. The first-order valence-electron chi connectivity index (χ1n) is 11.9. The molecule has 0 bridgehead atoms. The summed E-state index contributed by atoms with van der Waals surface area (Å²) in [7, 11) is 0. The summed E-state index contributed by atoms with van der Waals surface area (Å²) in [6.45, 7) is 0.0269. The average Bonchev–Trinajstić information content (AvgIpc) is 3.20. The van der Waals surface area contributed by atoms with E-state index in [1.807, 2.05) is 24.3 Å². The molecule has 5 amide bonds. The quantitative estimate of drug-likeness (QED) is 0.387. The number of nitrogens with zero attached hydrogens (tertiary/aromatic N) is 2. The van der Waals surface area contributed by atoms with Gasteiger partial charge in [-0.3, -0.25) is 24.6 Å². The van der Waals surface area contributed by atoms with E-state index in [1.54, 1.807) is 35.0 Å². The Bertz CT molecular complexity index is 1390. The summed E-state index contributed by atoms with van der Waals surface area (Å²) in [4.78, 5) is 52.4. The summed E-state index contributed by atoms with van der Waals surface area (Å²) in [5.41, 5.74) is 1.93. The van der Waals surface area contributed by atoms with E-state index in [0.717, 1.165) is 43.0 Å². The van der Waals surface area contributed by atoms with E-state index in [2.05, 4.69) is 10.6 Å². The highest BCUT2D eigenvalue weighted by molar-refractivity contribution is 6.31. The maximum Gasteiger partial charge on any atom is 0.331 e. The zero-order valence-corrected chi connectivity index (χ0v) is 20.3. The molecule has 0 radical (unpaired) electrons. The van der Waals surface area contributed by atoms with Gasteiger partial charge in [0.1, 0.15) is 12.1 Å². The molecule has 1 aliphatic carbocycles. The van der Waals surface area contributed by atoms with Crippen molar-refractivity contribution < 1.29 is 19.2 Å². The molecule has 2 fully saturated rings. The molecule has 1 aliphatic heterocycles. The Hall–Kier alpha value is -3.91. The number of benzene rings is 2. The highest BCUT2D eigenvalue weighted by atomic mass is 35.5. The lowest BCUT2D eigenvalue weighted by molar-refractivity contribution is -0.132. The lowest BCUT2D eigenvalue weighted by atomic mass is 9.93. The number of nitrogens with one attached hydrogen (secondary N) is 2. The van der Waals surface area contributed by atoms with Gasteiger partial charge in [0.05, 0.1) is 0 Å². The number of anilines is 1. The first-order chi connectivity index (χ1) is 17.4. The normalized spacial score (nSPS) is 18.1. The van der Waals surface area contributed by atoms with Gasteiger partial charge >= 0.3 is 6.03 Å². The van der Waals surface area contributed by atoms with Gasteiger partial charge in [-0.15, -0.1) is 0 Å². The second-order valence-electron chi connectivity index (χ2n) is 9.07. The number of fused-ring (bicyclic) bond motifs is 1. The van der Waals surface area contributed by atoms with Gasteiger partial charge in [0, 0.05) is 39.4 Å². The molecule has 2 aliphatic rings. The molecule has 2 N–H and O–H groups in total. The molecule has 2 heterocycles. The van der Waals surface area contributed by atoms with Crippen LogP contribution in [0.1, 0.15) is 37.7 Å². The molecule has 0 atom stereocenters. The van der Waals surface area contributed by atoms with Gasteiger partial charge in [-0.05, 0) is 49.2 Å². The minimum Gasteiger partial charge on any atom is -0.337 e. The molecule has 8 nitrogen and oxygen atoms in total. The fourth-order valence-electron chi connectivity index (χ4n) is 4.91. The van der Waals surface area contributed by atoms with Crippen molar-refractivity contribution in [2.24, 2.45) is 0 Å².